The molecular weight excluding hydrogens is 404 g/mol. The van der Waals surface area contributed by atoms with Crippen LogP contribution in [-0.4, -0.2) is 36.8 Å². The zero-order valence-electron chi connectivity index (χ0n) is 17.3. The summed E-state index contributed by atoms with van der Waals surface area (Å²) in [7, 11) is -3.67. The predicted molar refractivity (Wildman–Crippen MR) is 114 cm³/mol. The molecule has 0 saturated heterocycles. The molecule has 0 spiro atoms. The zero-order chi connectivity index (χ0) is 21.9. The number of nitrogens with zero attached hydrogens (tertiary/aromatic N) is 3. The third-order valence-electron chi connectivity index (χ3n) is 4.54. The topological polar surface area (TPSA) is 105 Å². The highest BCUT2D eigenvalue weighted by Crippen LogP contribution is 2.21. The number of carbonyl (C=O) groups excluding carboxylic acids is 1. The van der Waals surface area contributed by atoms with Crippen LogP contribution >= 0.6 is 0 Å². The third-order valence-corrected chi connectivity index (χ3v) is 5.78. The summed E-state index contributed by atoms with van der Waals surface area (Å²) in [5.74, 6) is 0.179. The molecule has 1 amide bonds. The molecule has 0 fully saturated rings. The fourth-order valence-corrected chi connectivity index (χ4v) is 4.21. The Kier molecular flexibility index (Phi) is 6.21. The Morgan fingerprint density at radius 2 is 1.83 bits per heavy atom. The summed E-state index contributed by atoms with van der Waals surface area (Å²) in [6, 6.07) is 13.6. The van der Waals surface area contributed by atoms with E-state index in [1.807, 2.05) is 38.1 Å². The first-order valence-electron chi connectivity index (χ1n) is 9.38. The van der Waals surface area contributed by atoms with Gasteiger partial charge in [0, 0.05) is 5.56 Å². The monoisotopic (exact) mass is 428 g/mol. The first kappa shape index (κ1) is 21.5. The molecule has 0 aliphatic heterocycles. The summed E-state index contributed by atoms with van der Waals surface area (Å²) in [4.78, 5) is 16.9. The Bertz CT molecular complexity index is 1140. The number of amides is 1. The van der Waals surface area contributed by atoms with Gasteiger partial charge in [0.25, 0.3) is 0 Å². The van der Waals surface area contributed by atoms with Gasteiger partial charge in [0.05, 0.1) is 18.5 Å². The number of carbonyl (C=O) groups is 1. The second-order valence-electron chi connectivity index (χ2n) is 7.17. The quantitative estimate of drug-likeness (QED) is 0.620. The number of hydrogen-bond donors (Lipinski definition) is 1. The van der Waals surface area contributed by atoms with Crippen LogP contribution < -0.4 is 9.62 Å². The molecule has 30 heavy (non-hydrogen) atoms. The molecule has 3 rings (SSSR count). The van der Waals surface area contributed by atoms with Gasteiger partial charge in [0.1, 0.15) is 6.04 Å². The van der Waals surface area contributed by atoms with E-state index >= 15 is 0 Å². The van der Waals surface area contributed by atoms with Crippen LogP contribution in [0.1, 0.15) is 23.9 Å². The van der Waals surface area contributed by atoms with E-state index in [0.717, 1.165) is 27.3 Å². The average molecular weight is 429 g/mol. The predicted octanol–water partition coefficient (Wildman–Crippen LogP) is 2.82. The molecule has 0 radical (unpaired) electrons. The van der Waals surface area contributed by atoms with E-state index in [1.54, 1.807) is 24.3 Å². The lowest BCUT2D eigenvalue weighted by Crippen LogP contribution is -2.47. The maximum Gasteiger partial charge on any atom is 0.246 e. The Morgan fingerprint density at radius 3 is 2.47 bits per heavy atom. The minimum atomic E-state index is -3.67. The van der Waals surface area contributed by atoms with Crippen molar-refractivity contribution in [1.29, 1.82) is 0 Å². The molecule has 3 aromatic rings. The SMILES string of the molecule is Cc1ccc(N([C@@H](C)C(=O)NCc2nc(-c3cccc(C)c3)no2)S(C)(=O)=O)cc1. The van der Waals surface area contributed by atoms with Crippen LogP contribution in [0, 0.1) is 13.8 Å². The van der Waals surface area contributed by atoms with Gasteiger partial charge in [0.2, 0.25) is 27.6 Å². The molecule has 8 nitrogen and oxygen atoms in total. The Morgan fingerprint density at radius 1 is 1.13 bits per heavy atom. The maximum atomic E-state index is 12.7. The van der Waals surface area contributed by atoms with Crippen molar-refractivity contribution >= 4 is 21.6 Å². The Labute approximate surface area is 176 Å². The van der Waals surface area contributed by atoms with Crippen molar-refractivity contribution in [2.24, 2.45) is 0 Å². The number of rotatable bonds is 7. The van der Waals surface area contributed by atoms with Crippen LogP contribution in [0.3, 0.4) is 0 Å². The van der Waals surface area contributed by atoms with Crippen molar-refractivity contribution in [3.05, 3.63) is 65.5 Å². The molecule has 0 aliphatic rings. The second kappa shape index (κ2) is 8.66. The van der Waals surface area contributed by atoms with E-state index in [2.05, 4.69) is 15.5 Å². The lowest BCUT2D eigenvalue weighted by Gasteiger charge is -2.28. The largest absolute Gasteiger partial charge is 0.345 e. The number of sulfonamides is 1. The highest BCUT2D eigenvalue weighted by Gasteiger charge is 2.29. The molecule has 1 heterocycles. The van der Waals surface area contributed by atoms with Gasteiger partial charge in [-0.3, -0.25) is 9.10 Å². The minimum absolute atomic E-state index is 0.00646. The fraction of sp³-hybridized carbons (Fsp3) is 0.286. The number of benzene rings is 2. The Hall–Kier alpha value is -3.20. The highest BCUT2D eigenvalue weighted by atomic mass is 32.2. The van der Waals surface area contributed by atoms with Gasteiger partial charge >= 0.3 is 0 Å². The van der Waals surface area contributed by atoms with E-state index in [4.69, 9.17) is 4.52 Å². The van der Waals surface area contributed by atoms with Gasteiger partial charge in [-0.1, -0.05) is 46.6 Å². The molecule has 0 aliphatic carbocycles. The van der Waals surface area contributed by atoms with Gasteiger partial charge in [-0.25, -0.2) is 8.42 Å². The third kappa shape index (κ3) is 5.04. The van der Waals surface area contributed by atoms with Crippen LogP contribution in [0.5, 0.6) is 0 Å². The van der Waals surface area contributed by atoms with Crippen molar-refractivity contribution in [3.63, 3.8) is 0 Å². The lowest BCUT2D eigenvalue weighted by atomic mass is 10.1. The van der Waals surface area contributed by atoms with Gasteiger partial charge < -0.3 is 9.84 Å². The normalized spacial score (nSPS) is 12.4. The molecule has 1 N–H and O–H groups in total. The van der Waals surface area contributed by atoms with Gasteiger partial charge in [-0.05, 0) is 39.0 Å². The first-order valence-corrected chi connectivity index (χ1v) is 11.2. The summed E-state index contributed by atoms with van der Waals surface area (Å²) in [5, 5.41) is 6.60. The molecule has 1 atom stereocenters. The van der Waals surface area contributed by atoms with Crippen molar-refractivity contribution in [3.8, 4) is 11.4 Å². The molecule has 0 unspecified atom stereocenters. The average Bonchev–Trinajstić information content (AvgIpc) is 3.16. The molecule has 9 heteroatoms. The zero-order valence-corrected chi connectivity index (χ0v) is 18.1. The molecule has 1 aromatic heterocycles. The van der Waals surface area contributed by atoms with E-state index < -0.39 is 22.0 Å². The smallest absolute Gasteiger partial charge is 0.246 e. The van der Waals surface area contributed by atoms with Crippen LogP contribution in [0.4, 0.5) is 5.69 Å². The van der Waals surface area contributed by atoms with E-state index in [0.29, 0.717) is 11.5 Å². The van der Waals surface area contributed by atoms with Crippen LogP contribution in [0.2, 0.25) is 0 Å². The molecular formula is C21H24N4O4S. The molecule has 2 aromatic carbocycles. The van der Waals surface area contributed by atoms with E-state index in [1.165, 1.54) is 6.92 Å². The summed E-state index contributed by atoms with van der Waals surface area (Å²) < 4.78 is 31.0. The number of hydrogen-bond acceptors (Lipinski definition) is 6. The minimum Gasteiger partial charge on any atom is -0.345 e. The second-order valence-corrected chi connectivity index (χ2v) is 9.03. The summed E-state index contributed by atoms with van der Waals surface area (Å²) in [6.45, 7) is 5.39. The van der Waals surface area contributed by atoms with E-state index in [-0.39, 0.29) is 12.4 Å². The molecule has 158 valence electrons. The highest BCUT2D eigenvalue weighted by molar-refractivity contribution is 7.92. The van der Waals surface area contributed by atoms with Crippen molar-refractivity contribution in [1.82, 2.24) is 15.5 Å². The number of anilines is 1. The summed E-state index contributed by atoms with van der Waals surface area (Å²) in [6.07, 6.45) is 1.07. The first-order chi connectivity index (χ1) is 14.1. The van der Waals surface area contributed by atoms with Crippen LogP contribution in [0.15, 0.2) is 53.1 Å². The Balaban J connectivity index is 1.71. The molecule has 0 bridgehead atoms. The van der Waals surface area contributed by atoms with Gasteiger partial charge in [-0.15, -0.1) is 0 Å². The lowest BCUT2D eigenvalue weighted by molar-refractivity contribution is -0.122. The number of aryl methyl sites for hydroxylation is 2. The van der Waals surface area contributed by atoms with Crippen LogP contribution in [0.25, 0.3) is 11.4 Å². The standard InChI is InChI=1S/C21H24N4O4S/c1-14-8-10-18(11-9-14)25(30(4,27)28)16(3)21(26)22-13-19-23-20(24-29-19)17-7-5-6-15(2)12-17/h5-12,16H,13H2,1-4H3,(H,22,26)/t16-/m0/s1. The van der Waals surface area contributed by atoms with Crippen LogP contribution in [-0.2, 0) is 21.4 Å². The van der Waals surface area contributed by atoms with Crippen molar-refractivity contribution < 1.29 is 17.7 Å². The molecule has 0 saturated carbocycles. The summed E-state index contributed by atoms with van der Waals surface area (Å²) >= 11 is 0. The van der Waals surface area contributed by atoms with Crippen molar-refractivity contribution in [2.45, 2.75) is 33.4 Å². The van der Waals surface area contributed by atoms with E-state index in [9.17, 15) is 13.2 Å². The van der Waals surface area contributed by atoms with Gasteiger partial charge in [0.15, 0.2) is 0 Å². The number of nitrogens with one attached hydrogen (secondary N) is 1. The van der Waals surface area contributed by atoms with Crippen molar-refractivity contribution in [2.75, 3.05) is 10.6 Å². The fourth-order valence-electron chi connectivity index (χ4n) is 3.04. The van der Waals surface area contributed by atoms with Gasteiger partial charge in [-0.2, -0.15) is 4.98 Å². The maximum absolute atomic E-state index is 12.7. The number of aromatic nitrogens is 2. The summed E-state index contributed by atoms with van der Waals surface area (Å²) in [5.41, 5.74) is 3.29.